The minimum absolute atomic E-state index is 0.167. The number of aromatic nitrogens is 1. The van der Waals surface area contributed by atoms with Crippen LogP contribution in [0, 0.1) is 6.92 Å². The Hall–Kier alpha value is -1.06. The molecular weight excluding hydrogens is 191 g/mol. The third kappa shape index (κ3) is 2.25. The SMILES string of the molecule is Cc1cc(C(F)(F)F)c(C(C)C)cn1. The summed E-state index contributed by atoms with van der Waals surface area (Å²) in [6, 6.07) is 1.09. The van der Waals surface area contributed by atoms with Gasteiger partial charge in [-0.05, 0) is 24.5 Å². The van der Waals surface area contributed by atoms with E-state index < -0.39 is 11.7 Å². The maximum Gasteiger partial charge on any atom is 0.416 e. The van der Waals surface area contributed by atoms with Gasteiger partial charge < -0.3 is 0 Å². The first-order chi connectivity index (χ1) is 6.32. The lowest BCUT2D eigenvalue weighted by atomic mass is 9.98. The molecule has 0 fully saturated rings. The molecule has 0 amide bonds. The highest BCUT2D eigenvalue weighted by Gasteiger charge is 2.34. The molecule has 4 heteroatoms. The van der Waals surface area contributed by atoms with Crippen LogP contribution < -0.4 is 0 Å². The second kappa shape index (κ2) is 3.59. The normalized spacial score (nSPS) is 12.2. The number of rotatable bonds is 1. The molecule has 1 aromatic heterocycles. The van der Waals surface area contributed by atoms with Crippen LogP contribution in [0.4, 0.5) is 13.2 Å². The Labute approximate surface area is 81.0 Å². The monoisotopic (exact) mass is 203 g/mol. The van der Waals surface area contributed by atoms with Crippen molar-refractivity contribution in [2.24, 2.45) is 0 Å². The van der Waals surface area contributed by atoms with Gasteiger partial charge in [0.25, 0.3) is 0 Å². The molecule has 0 atom stereocenters. The summed E-state index contributed by atoms with van der Waals surface area (Å²) < 4.78 is 37.7. The van der Waals surface area contributed by atoms with Crippen molar-refractivity contribution < 1.29 is 13.2 Å². The zero-order valence-electron chi connectivity index (χ0n) is 8.31. The molecule has 0 unspecified atom stereocenters. The molecule has 1 nitrogen and oxygen atoms in total. The first-order valence-electron chi connectivity index (χ1n) is 4.36. The summed E-state index contributed by atoms with van der Waals surface area (Å²) >= 11 is 0. The van der Waals surface area contributed by atoms with Crippen molar-refractivity contribution in [1.29, 1.82) is 0 Å². The first-order valence-corrected chi connectivity index (χ1v) is 4.36. The molecule has 0 aliphatic carbocycles. The topological polar surface area (TPSA) is 12.9 Å². The highest BCUT2D eigenvalue weighted by Crippen LogP contribution is 2.34. The lowest BCUT2D eigenvalue weighted by molar-refractivity contribution is -0.138. The lowest BCUT2D eigenvalue weighted by Gasteiger charge is -2.15. The van der Waals surface area contributed by atoms with E-state index in [0.29, 0.717) is 5.69 Å². The number of halogens is 3. The minimum Gasteiger partial charge on any atom is -0.261 e. The van der Waals surface area contributed by atoms with Gasteiger partial charge in [0.2, 0.25) is 0 Å². The average molecular weight is 203 g/mol. The summed E-state index contributed by atoms with van der Waals surface area (Å²) in [5, 5.41) is 0. The number of pyridine rings is 1. The van der Waals surface area contributed by atoms with E-state index in [-0.39, 0.29) is 11.5 Å². The van der Waals surface area contributed by atoms with Gasteiger partial charge in [-0.2, -0.15) is 13.2 Å². The third-order valence-corrected chi connectivity index (χ3v) is 2.00. The van der Waals surface area contributed by atoms with Crippen LogP contribution in [0.25, 0.3) is 0 Å². The number of hydrogen-bond acceptors (Lipinski definition) is 1. The van der Waals surface area contributed by atoms with Crippen LogP contribution >= 0.6 is 0 Å². The lowest BCUT2D eigenvalue weighted by Crippen LogP contribution is -2.11. The Balaban J connectivity index is 3.30. The van der Waals surface area contributed by atoms with Crippen LogP contribution in [-0.4, -0.2) is 4.98 Å². The molecule has 0 bridgehead atoms. The van der Waals surface area contributed by atoms with Crippen molar-refractivity contribution in [3.63, 3.8) is 0 Å². The molecule has 0 spiro atoms. The molecule has 0 aliphatic heterocycles. The summed E-state index contributed by atoms with van der Waals surface area (Å²) in [5.41, 5.74) is 0.0739. The van der Waals surface area contributed by atoms with Crippen molar-refractivity contribution in [1.82, 2.24) is 4.98 Å². The molecule has 0 saturated heterocycles. The van der Waals surface area contributed by atoms with Crippen LogP contribution in [0.1, 0.15) is 36.6 Å². The zero-order valence-corrected chi connectivity index (χ0v) is 8.31. The van der Waals surface area contributed by atoms with E-state index in [0.717, 1.165) is 6.07 Å². The number of hydrogen-bond donors (Lipinski definition) is 0. The predicted octanol–water partition coefficient (Wildman–Crippen LogP) is 3.53. The standard InChI is InChI=1S/C10H12F3N/c1-6(2)8-5-14-7(3)4-9(8)10(11,12)13/h4-6H,1-3H3. The molecular formula is C10H12F3N. The van der Waals surface area contributed by atoms with Crippen LogP contribution in [0.5, 0.6) is 0 Å². The van der Waals surface area contributed by atoms with Crippen molar-refractivity contribution in [2.75, 3.05) is 0 Å². The Morgan fingerprint density at radius 1 is 1.29 bits per heavy atom. The Morgan fingerprint density at radius 3 is 2.29 bits per heavy atom. The molecule has 0 saturated carbocycles. The van der Waals surface area contributed by atoms with Crippen molar-refractivity contribution >= 4 is 0 Å². The van der Waals surface area contributed by atoms with Gasteiger partial charge in [-0.25, -0.2) is 0 Å². The highest BCUT2D eigenvalue weighted by molar-refractivity contribution is 5.31. The second-order valence-corrected chi connectivity index (χ2v) is 3.57. The van der Waals surface area contributed by atoms with E-state index in [2.05, 4.69) is 4.98 Å². The summed E-state index contributed by atoms with van der Waals surface area (Å²) in [6.45, 7) is 5.00. The van der Waals surface area contributed by atoms with Gasteiger partial charge in [0.1, 0.15) is 0 Å². The van der Waals surface area contributed by atoms with Crippen LogP contribution in [0.15, 0.2) is 12.3 Å². The van der Waals surface area contributed by atoms with Gasteiger partial charge in [-0.3, -0.25) is 4.98 Å². The van der Waals surface area contributed by atoms with E-state index in [1.807, 2.05) is 0 Å². The molecule has 0 radical (unpaired) electrons. The quantitative estimate of drug-likeness (QED) is 0.680. The molecule has 1 heterocycles. The average Bonchev–Trinajstić information content (AvgIpc) is 2.01. The van der Waals surface area contributed by atoms with Gasteiger partial charge in [-0.1, -0.05) is 13.8 Å². The van der Waals surface area contributed by atoms with Gasteiger partial charge in [0.15, 0.2) is 0 Å². The van der Waals surface area contributed by atoms with Crippen molar-refractivity contribution in [3.05, 3.63) is 29.1 Å². The molecule has 1 rings (SSSR count). The molecule has 0 aliphatic rings. The Kier molecular flexibility index (Phi) is 2.83. The van der Waals surface area contributed by atoms with Gasteiger partial charge >= 0.3 is 6.18 Å². The summed E-state index contributed by atoms with van der Waals surface area (Å²) in [4.78, 5) is 3.87. The maximum atomic E-state index is 12.6. The van der Waals surface area contributed by atoms with Crippen molar-refractivity contribution in [3.8, 4) is 0 Å². The molecule has 78 valence electrons. The molecule has 0 N–H and O–H groups in total. The van der Waals surface area contributed by atoms with E-state index in [1.54, 1.807) is 20.8 Å². The minimum atomic E-state index is -4.28. The Bertz CT molecular complexity index is 329. The van der Waals surface area contributed by atoms with E-state index in [9.17, 15) is 13.2 Å². The number of alkyl halides is 3. The third-order valence-electron chi connectivity index (χ3n) is 2.00. The molecule has 0 aromatic carbocycles. The Morgan fingerprint density at radius 2 is 1.86 bits per heavy atom. The number of nitrogens with zero attached hydrogens (tertiary/aromatic N) is 1. The second-order valence-electron chi connectivity index (χ2n) is 3.57. The first kappa shape index (κ1) is 11.0. The van der Waals surface area contributed by atoms with Crippen LogP contribution in [0.2, 0.25) is 0 Å². The van der Waals surface area contributed by atoms with Crippen LogP contribution in [0.3, 0.4) is 0 Å². The maximum absolute atomic E-state index is 12.6. The van der Waals surface area contributed by atoms with Crippen LogP contribution in [-0.2, 0) is 6.18 Å². The summed E-state index contributed by atoms with van der Waals surface area (Å²) in [5.74, 6) is -0.167. The largest absolute Gasteiger partial charge is 0.416 e. The molecule has 1 aromatic rings. The van der Waals surface area contributed by atoms with E-state index in [1.165, 1.54) is 6.20 Å². The fourth-order valence-electron chi connectivity index (χ4n) is 1.28. The summed E-state index contributed by atoms with van der Waals surface area (Å²) in [7, 11) is 0. The van der Waals surface area contributed by atoms with Crippen molar-refractivity contribution in [2.45, 2.75) is 32.9 Å². The van der Waals surface area contributed by atoms with Gasteiger partial charge in [-0.15, -0.1) is 0 Å². The highest BCUT2D eigenvalue weighted by atomic mass is 19.4. The smallest absolute Gasteiger partial charge is 0.261 e. The van der Waals surface area contributed by atoms with Gasteiger partial charge in [0, 0.05) is 11.9 Å². The fraction of sp³-hybridized carbons (Fsp3) is 0.500. The van der Waals surface area contributed by atoms with E-state index >= 15 is 0 Å². The van der Waals surface area contributed by atoms with Gasteiger partial charge in [0.05, 0.1) is 5.56 Å². The van der Waals surface area contributed by atoms with E-state index in [4.69, 9.17) is 0 Å². The molecule has 14 heavy (non-hydrogen) atoms. The number of aryl methyl sites for hydroxylation is 1. The predicted molar refractivity (Wildman–Crippen MR) is 48.1 cm³/mol. The zero-order chi connectivity index (χ0) is 10.9. The summed E-state index contributed by atoms with van der Waals surface area (Å²) in [6.07, 6.45) is -2.98. The fourth-order valence-corrected chi connectivity index (χ4v) is 1.28.